The summed E-state index contributed by atoms with van der Waals surface area (Å²) >= 11 is 1.66. The lowest BCUT2D eigenvalue weighted by molar-refractivity contribution is -0.385. The van der Waals surface area contributed by atoms with Gasteiger partial charge < -0.3 is 9.64 Å². The molecule has 3 rings (SSSR count). The third kappa shape index (κ3) is 6.08. The molecule has 9 heteroatoms. The smallest absolute Gasteiger partial charge is 0.411 e. The molecule has 1 fully saturated rings. The van der Waals surface area contributed by atoms with E-state index in [2.05, 4.69) is 0 Å². The van der Waals surface area contributed by atoms with E-state index in [4.69, 9.17) is 4.74 Å². The Morgan fingerprint density at radius 3 is 2.41 bits per heavy atom. The maximum absolute atomic E-state index is 13.8. The molecular formula is C25H31N3O5S. The van der Waals surface area contributed by atoms with Gasteiger partial charge in [0.15, 0.2) is 0 Å². The molecule has 1 saturated heterocycles. The number of nitrogens with zero attached hydrogens (tertiary/aromatic N) is 3. The second-order valence-electron chi connectivity index (χ2n) is 9.21. The van der Waals surface area contributed by atoms with Crippen LogP contribution in [0.2, 0.25) is 0 Å². The van der Waals surface area contributed by atoms with Crippen LogP contribution in [-0.4, -0.2) is 58.1 Å². The maximum atomic E-state index is 13.8. The number of anilines is 1. The molecule has 0 spiro atoms. The fourth-order valence-corrected chi connectivity index (χ4v) is 4.62. The van der Waals surface area contributed by atoms with Crippen LogP contribution in [0.25, 0.3) is 0 Å². The molecule has 8 nitrogen and oxygen atoms in total. The van der Waals surface area contributed by atoms with Gasteiger partial charge in [-0.15, -0.1) is 0 Å². The highest BCUT2D eigenvalue weighted by Crippen LogP contribution is 2.31. The molecule has 0 radical (unpaired) electrons. The summed E-state index contributed by atoms with van der Waals surface area (Å²) in [6.07, 6.45) is 2.09. The summed E-state index contributed by atoms with van der Waals surface area (Å²) in [5.41, 5.74) is 0.317. The number of ether oxygens (including phenoxy) is 1. The minimum atomic E-state index is -0.934. The second-order valence-corrected chi connectivity index (χ2v) is 10.2. The van der Waals surface area contributed by atoms with E-state index in [0.717, 1.165) is 11.4 Å². The summed E-state index contributed by atoms with van der Waals surface area (Å²) in [7, 11) is 0. The van der Waals surface area contributed by atoms with Crippen molar-refractivity contribution in [1.29, 1.82) is 0 Å². The van der Waals surface area contributed by atoms with E-state index >= 15 is 0 Å². The second kappa shape index (κ2) is 10.9. The van der Waals surface area contributed by atoms with Crippen molar-refractivity contribution in [3.05, 3.63) is 70.3 Å². The third-order valence-electron chi connectivity index (χ3n) is 5.60. The van der Waals surface area contributed by atoms with E-state index in [1.165, 1.54) is 11.0 Å². The van der Waals surface area contributed by atoms with E-state index in [1.807, 2.05) is 36.6 Å². The van der Waals surface area contributed by atoms with E-state index in [9.17, 15) is 19.7 Å². The number of piperazine rings is 1. The van der Waals surface area contributed by atoms with Gasteiger partial charge in [0.25, 0.3) is 5.69 Å². The molecule has 2 aromatic rings. The van der Waals surface area contributed by atoms with Crippen molar-refractivity contribution >= 4 is 35.1 Å². The van der Waals surface area contributed by atoms with Gasteiger partial charge in [-0.1, -0.05) is 36.4 Å². The topological polar surface area (TPSA) is 93.0 Å². The number of amides is 2. The summed E-state index contributed by atoms with van der Waals surface area (Å²) in [6.45, 7) is 5.67. The number of carbonyl (C=O) groups excluding carboxylic acids is 2. The number of nitro groups is 1. The van der Waals surface area contributed by atoms with Crippen molar-refractivity contribution in [1.82, 2.24) is 4.90 Å². The zero-order valence-electron chi connectivity index (χ0n) is 20.0. The predicted octanol–water partition coefficient (Wildman–Crippen LogP) is 4.91. The number of hydrogen-bond donors (Lipinski definition) is 0. The Bertz CT molecular complexity index is 1020. The molecule has 182 valence electrons. The Hall–Kier alpha value is -3.07. The van der Waals surface area contributed by atoms with Crippen molar-refractivity contribution < 1.29 is 19.2 Å². The highest BCUT2D eigenvalue weighted by atomic mass is 32.2. The van der Waals surface area contributed by atoms with Gasteiger partial charge in [0.2, 0.25) is 5.91 Å². The summed E-state index contributed by atoms with van der Waals surface area (Å²) in [5.74, 6) is 0.509. The van der Waals surface area contributed by atoms with Crippen LogP contribution in [0.15, 0.2) is 54.6 Å². The Morgan fingerprint density at radius 1 is 1.15 bits per heavy atom. The van der Waals surface area contributed by atoms with E-state index in [0.29, 0.717) is 18.5 Å². The van der Waals surface area contributed by atoms with Crippen LogP contribution in [0.3, 0.4) is 0 Å². The minimum absolute atomic E-state index is 0.0222. The number of rotatable bonds is 7. The average Bonchev–Trinajstić information content (AvgIpc) is 2.78. The van der Waals surface area contributed by atoms with Gasteiger partial charge in [0, 0.05) is 30.3 Å². The minimum Gasteiger partial charge on any atom is -0.444 e. The first-order valence-electron chi connectivity index (χ1n) is 11.2. The molecule has 1 heterocycles. The summed E-state index contributed by atoms with van der Waals surface area (Å²) < 4.78 is 5.70. The normalized spacial score (nSPS) is 18.6. The molecule has 0 aliphatic carbocycles. The van der Waals surface area contributed by atoms with Gasteiger partial charge in [-0.05, 0) is 51.3 Å². The van der Waals surface area contributed by atoms with Crippen molar-refractivity contribution in [3.63, 3.8) is 0 Å². The molecule has 0 aromatic heterocycles. The Balaban J connectivity index is 2.07. The van der Waals surface area contributed by atoms with Gasteiger partial charge in [-0.3, -0.25) is 19.8 Å². The molecular weight excluding hydrogens is 454 g/mol. The van der Waals surface area contributed by atoms with E-state index in [-0.39, 0.29) is 24.1 Å². The predicted molar refractivity (Wildman–Crippen MR) is 134 cm³/mol. The highest BCUT2D eigenvalue weighted by Gasteiger charge is 2.45. The summed E-state index contributed by atoms with van der Waals surface area (Å²) in [4.78, 5) is 41.6. The zero-order chi connectivity index (χ0) is 24.9. The first-order chi connectivity index (χ1) is 16.1. The molecule has 2 amide bonds. The molecule has 2 atom stereocenters. The average molecular weight is 486 g/mol. The molecule has 34 heavy (non-hydrogen) atoms. The van der Waals surface area contributed by atoms with E-state index < -0.39 is 22.7 Å². The highest BCUT2D eigenvalue weighted by molar-refractivity contribution is 7.98. The van der Waals surface area contributed by atoms with Gasteiger partial charge in [-0.25, -0.2) is 4.79 Å². The van der Waals surface area contributed by atoms with Gasteiger partial charge in [0.05, 0.1) is 11.0 Å². The zero-order valence-corrected chi connectivity index (χ0v) is 20.8. The Morgan fingerprint density at radius 2 is 1.79 bits per heavy atom. The van der Waals surface area contributed by atoms with Crippen molar-refractivity contribution in [2.45, 2.75) is 51.3 Å². The van der Waals surface area contributed by atoms with Crippen LogP contribution in [0, 0.1) is 10.1 Å². The number of para-hydroxylation sites is 2. The quantitative estimate of drug-likeness (QED) is 0.409. The van der Waals surface area contributed by atoms with E-state index in [1.54, 1.807) is 55.6 Å². The number of hydrogen-bond acceptors (Lipinski definition) is 6. The first-order valence-corrected chi connectivity index (χ1v) is 12.6. The standard InChI is InChI=1S/C25H31N3O5S/c1-25(2,3)33-24(30)27-20(14-15-34-4)17-26(19-11-6-5-7-12-19)23(29)22(27)16-18-10-8-9-13-21(18)28(31)32/h5-13,20,22H,14-17H2,1-4H3. The summed E-state index contributed by atoms with van der Waals surface area (Å²) in [6, 6.07) is 14.4. The molecule has 2 aromatic carbocycles. The van der Waals surface area contributed by atoms with Crippen molar-refractivity contribution in [2.24, 2.45) is 0 Å². The number of thioether (sulfide) groups is 1. The molecule has 2 unspecified atom stereocenters. The van der Waals surface area contributed by atoms with Gasteiger partial charge in [0.1, 0.15) is 11.6 Å². The molecule has 1 aliphatic heterocycles. The Labute approximate surface area is 204 Å². The SMILES string of the molecule is CSCCC1CN(c2ccccc2)C(=O)C(Cc2ccccc2[N+](=O)[O-])N1C(=O)OC(C)(C)C. The van der Waals surface area contributed by atoms with Gasteiger partial charge in [-0.2, -0.15) is 11.8 Å². The number of carbonyl (C=O) groups is 2. The molecule has 0 N–H and O–H groups in total. The van der Waals surface area contributed by atoms with Gasteiger partial charge >= 0.3 is 6.09 Å². The lowest BCUT2D eigenvalue weighted by Gasteiger charge is -2.46. The monoisotopic (exact) mass is 485 g/mol. The van der Waals surface area contributed by atoms with Crippen LogP contribution in [0.5, 0.6) is 0 Å². The number of benzene rings is 2. The van der Waals surface area contributed by atoms with Crippen LogP contribution >= 0.6 is 11.8 Å². The lowest BCUT2D eigenvalue weighted by Crippen LogP contribution is -2.65. The fraction of sp³-hybridized carbons (Fsp3) is 0.440. The third-order valence-corrected chi connectivity index (χ3v) is 6.25. The van der Waals surface area contributed by atoms with Crippen molar-refractivity contribution in [2.75, 3.05) is 23.5 Å². The molecule has 0 bridgehead atoms. The first kappa shape index (κ1) is 25.6. The van der Waals surface area contributed by atoms with Crippen LogP contribution < -0.4 is 4.90 Å². The summed E-state index contributed by atoms with van der Waals surface area (Å²) in [5, 5.41) is 11.6. The largest absolute Gasteiger partial charge is 0.444 e. The fourth-order valence-electron chi connectivity index (χ4n) is 4.11. The Kier molecular flexibility index (Phi) is 8.19. The number of nitro benzene ring substituents is 1. The lowest BCUT2D eigenvalue weighted by atomic mass is 9.96. The van der Waals surface area contributed by atoms with Crippen molar-refractivity contribution in [3.8, 4) is 0 Å². The maximum Gasteiger partial charge on any atom is 0.411 e. The van der Waals surface area contributed by atoms with Crippen LogP contribution in [-0.2, 0) is 16.0 Å². The van der Waals surface area contributed by atoms with Crippen LogP contribution in [0.4, 0.5) is 16.2 Å². The molecule has 1 aliphatic rings. The molecule has 0 saturated carbocycles. The van der Waals surface area contributed by atoms with Crippen LogP contribution in [0.1, 0.15) is 32.8 Å².